The quantitative estimate of drug-likeness (QED) is 0.912. The number of amides is 1. The Balaban J connectivity index is 1.97. The Morgan fingerprint density at radius 2 is 1.91 bits per heavy atom. The normalized spacial score (nSPS) is 16.4. The molecule has 1 aliphatic heterocycles. The van der Waals surface area contributed by atoms with Crippen molar-refractivity contribution in [3.63, 3.8) is 0 Å². The molecule has 1 amide bonds. The minimum absolute atomic E-state index is 0.160. The monoisotopic (exact) mass is 340 g/mol. The van der Waals surface area contributed by atoms with Crippen LogP contribution in [0.4, 0.5) is 4.79 Å². The Bertz CT molecular complexity index is 665. The maximum Gasteiger partial charge on any atom is 0.409 e. The molecule has 1 aromatic carbocycles. The maximum absolute atomic E-state index is 12.5. The number of hydrogen-bond acceptors (Lipinski definition) is 4. The molecule has 0 bridgehead atoms. The van der Waals surface area contributed by atoms with Crippen molar-refractivity contribution in [1.29, 1.82) is 0 Å². The predicted octanol–water partition coefficient (Wildman–Crippen LogP) is 2.20. The molecule has 128 valence electrons. The van der Waals surface area contributed by atoms with E-state index in [1.54, 1.807) is 24.0 Å². The molecule has 1 N–H and O–H groups in total. The van der Waals surface area contributed by atoms with Crippen molar-refractivity contribution in [1.82, 2.24) is 9.62 Å². The third-order valence-electron chi connectivity index (χ3n) is 4.13. The van der Waals surface area contributed by atoms with Gasteiger partial charge in [-0.2, -0.15) is 0 Å². The van der Waals surface area contributed by atoms with Crippen molar-refractivity contribution in [3.8, 4) is 0 Å². The number of ether oxygens (including phenoxy) is 1. The van der Waals surface area contributed by atoms with Gasteiger partial charge in [0, 0.05) is 19.1 Å². The number of nitrogens with zero attached hydrogens (tertiary/aromatic N) is 1. The maximum atomic E-state index is 12.5. The summed E-state index contributed by atoms with van der Waals surface area (Å²) in [7, 11) is -3.53. The summed E-state index contributed by atoms with van der Waals surface area (Å²) < 4.78 is 32.6. The molecule has 0 atom stereocenters. The number of carbonyl (C=O) groups is 1. The molecule has 1 aliphatic rings. The van der Waals surface area contributed by atoms with Crippen LogP contribution in [0.15, 0.2) is 23.1 Å². The number of benzene rings is 1. The van der Waals surface area contributed by atoms with E-state index in [0.29, 0.717) is 32.5 Å². The van der Waals surface area contributed by atoms with Crippen LogP contribution in [0, 0.1) is 13.8 Å². The van der Waals surface area contributed by atoms with Gasteiger partial charge >= 0.3 is 6.09 Å². The summed E-state index contributed by atoms with van der Waals surface area (Å²) in [5.41, 5.74) is 2.01. The summed E-state index contributed by atoms with van der Waals surface area (Å²) in [6.07, 6.45) is 0.842. The van der Waals surface area contributed by atoms with Crippen LogP contribution in [-0.4, -0.2) is 45.1 Å². The van der Waals surface area contributed by atoms with Crippen molar-refractivity contribution in [2.45, 2.75) is 44.6 Å². The molecule has 1 fully saturated rings. The fraction of sp³-hybridized carbons (Fsp3) is 0.562. The van der Waals surface area contributed by atoms with E-state index in [9.17, 15) is 13.2 Å². The molecule has 0 unspecified atom stereocenters. The summed E-state index contributed by atoms with van der Waals surface area (Å²) in [6.45, 7) is 6.95. The number of hydrogen-bond donors (Lipinski definition) is 1. The molecule has 2 rings (SSSR count). The van der Waals surface area contributed by atoms with Crippen LogP contribution in [0.1, 0.15) is 30.9 Å². The minimum Gasteiger partial charge on any atom is -0.450 e. The number of likely N-dealkylation sites (tertiary alicyclic amines) is 1. The van der Waals surface area contributed by atoms with E-state index in [1.807, 2.05) is 19.9 Å². The van der Waals surface area contributed by atoms with E-state index < -0.39 is 10.0 Å². The molecule has 1 saturated heterocycles. The van der Waals surface area contributed by atoms with Crippen molar-refractivity contribution in [2.24, 2.45) is 0 Å². The van der Waals surface area contributed by atoms with Crippen LogP contribution in [-0.2, 0) is 14.8 Å². The zero-order chi connectivity index (χ0) is 17.0. The number of nitrogens with one attached hydrogen (secondary N) is 1. The lowest BCUT2D eigenvalue weighted by Crippen LogP contribution is -2.46. The van der Waals surface area contributed by atoms with Gasteiger partial charge in [-0.15, -0.1) is 0 Å². The van der Waals surface area contributed by atoms with Gasteiger partial charge in [-0.05, 0) is 56.9 Å². The van der Waals surface area contributed by atoms with E-state index in [1.165, 1.54) is 0 Å². The molecule has 0 aliphatic carbocycles. The van der Waals surface area contributed by atoms with Gasteiger partial charge in [-0.1, -0.05) is 6.07 Å². The molecular weight excluding hydrogens is 316 g/mol. The lowest BCUT2D eigenvalue weighted by Gasteiger charge is -2.31. The van der Waals surface area contributed by atoms with Gasteiger partial charge in [-0.3, -0.25) is 0 Å². The van der Waals surface area contributed by atoms with Crippen LogP contribution in [0.25, 0.3) is 0 Å². The van der Waals surface area contributed by atoms with Gasteiger partial charge in [0.2, 0.25) is 10.0 Å². The largest absolute Gasteiger partial charge is 0.450 e. The first kappa shape index (κ1) is 17.7. The minimum atomic E-state index is -3.53. The fourth-order valence-electron chi connectivity index (χ4n) is 2.56. The Hall–Kier alpha value is -1.60. The van der Waals surface area contributed by atoms with Gasteiger partial charge in [0.05, 0.1) is 11.5 Å². The highest BCUT2D eigenvalue weighted by atomic mass is 32.2. The van der Waals surface area contributed by atoms with Gasteiger partial charge in [0.25, 0.3) is 0 Å². The molecule has 6 nitrogen and oxygen atoms in total. The summed E-state index contributed by atoms with van der Waals surface area (Å²) >= 11 is 0. The zero-order valence-electron chi connectivity index (χ0n) is 13.8. The topological polar surface area (TPSA) is 75.7 Å². The van der Waals surface area contributed by atoms with Crippen molar-refractivity contribution in [2.75, 3.05) is 19.7 Å². The Morgan fingerprint density at radius 1 is 1.26 bits per heavy atom. The number of aryl methyl sites for hydroxylation is 2. The van der Waals surface area contributed by atoms with E-state index in [0.717, 1.165) is 11.1 Å². The SMILES string of the molecule is CCOC(=O)N1CCC(NS(=O)(=O)c2ccc(C)c(C)c2)CC1. The Labute approximate surface area is 137 Å². The summed E-state index contributed by atoms with van der Waals surface area (Å²) in [6, 6.07) is 4.96. The standard InChI is InChI=1S/C16H24N2O4S/c1-4-22-16(19)18-9-7-14(8-10-18)17-23(20,21)15-6-5-12(2)13(3)11-15/h5-6,11,14,17H,4,7-10H2,1-3H3. The van der Waals surface area contributed by atoms with Crippen molar-refractivity contribution >= 4 is 16.1 Å². The molecule has 0 radical (unpaired) electrons. The molecule has 0 aromatic heterocycles. The number of piperidine rings is 1. The molecule has 23 heavy (non-hydrogen) atoms. The highest BCUT2D eigenvalue weighted by Crippen LogP contribution is 2.18. The lowest BCUT2D eigenvalue weighted by molar-refractivity contribution is 0.0966. The molecule has 0 saturated carbocycles. The first-order valence-corrected chi connectivity index (χ1v) is 9.33. The van der Waals surface area contributed by atoms with E-state index in [2.05, 4.69) is 4.72 Å². The van der Waals surface area contributed by atoms with Crippen LogP contribution in [0.5, 0.6) is 0 Å². The third-order valence-corrected chi connectivity index (χ3v) is 5.65. The first-order chi connectivity index (χ1) is 10.8. The number of rotatable bonds is 4. The van der Waals surface area contributed by atoms with Crippen molar-refractivity contribution < 1.29 is 17.9 Å². The predicted molar refractivity (Wildman–Crippen MR) is 87.9 cm³/mol. The average molecular weight is 340 g/mol. The zero-order valence-corrected chi connectivity index (χ0v) is 14.6. The second-order valence-electron chi connectivity index (χ2n) is 5.83. The highest BCUT2D eigenvalue weighted by molar-refractivity contribution is 7.89. The summed E-state index contributed by atoms with van der Waals surface area (Å²) in [4.78, 5) is 13.5. The van der Waals surface area contributed by atoms with E-state index in [-0.39, 0.29) is 17.0 Å². The molecular formula is C16H24N2O4S. The van der Waals surface area contributed by atoms with E-state index in [4.69, 9.17) is 4.74 Å². The van der Waals surface area contributed by atoms with Gasteiger partial charge in [0.15, 0.2) is 0 Å². The highest BCUT2D eigenvalue weighted by Gasteiger charge is 2.27. The first-order valence-electron chi connectivity index (χ1n) is 7.84. The van der Waals surface area contributed by atoms with Crippen LogP contribution >= 0.6 is 0 Å². The Morgan fingerprint density at radius 3 is 2.48 bits per heavy atom. The second-order valence-corrected chi connectivity index (χ2v) is 7.54. The molecule has 0 spiro atoms. The molecule has 7 heteroatoms. The smallest absolute Gasteiger partial charge is 0.409 e. The summed E-state index contributed by atoms with van der Waals surface area (Å²) in [5, 5.41) is 0. The van der Waals surface area contributed by atoms with Gasteiger partial charge < -0.3 is 9.64 Å². The molecule has 1 aromatic rings. The Kier molecular flexibility index (Phi) is 5.64. The number of sulfonamides is 1. The fourth-order valence-corrected chi connectivity index (χ4v) is 3.95. The van der Waals surface area contributed by atoms with Gasteiger partial charge in [-0.25, -0.2) is 17.9 Å². The van der Waals surface area contributed by atoms with Crippen LogP contribution in [0.3, 0.4) is 0 Å². The average Bonchev–Trinajstić information content (AvgIpc) is 2.50. The van der Waals surface area contributed by atoms with E-state index >= 15 is 0 Å². The van der Waals surface area contributed by atoms with Crippen LogP contribution < -0.4 is 4.72 Å². The number of carbonyl (C=O) groups excluding carboxylic acids is 1. The van der Waals surface area contributed by atoms with Crippen molar-refractivity contribution in [3.05, 3.63) is 29.3 Å². The second kappa shape index (κ2) is 7.31. The molecule has 1 heterocycles. The van der Waals surface area contributed by atoms with Gasteiger partial charge in [0.1, 0.15) is 0 Å². The third kappa shape index (κ3) is 4.45. The summed E-state index contributed by atoms with van der Waals surface area (Å²) in [5.74, 6) is 0. The van der Waals surface area contributed by atoms with Crippen LogP contribution in [0.2, 0.25) is 0 Å². The lowest BCUT2D eigenvalue weighted by atomic mass is 10.1.